The number of guanidine groups is 1. The van der Waals surface area contributed by atoms with E-state index in [1.54, 1.807) is 12.1 Å². The largest absolute Gasteiger partial charge is 0.444 e. The lowest BCUT2D eigenvalue weighted by molar-refractivity contribution is -0.380. The standard InChI is InChI=1S/C15H12ClN5O4S/c1-20(15(17)18)14(22)9-6-7-8(16)2-3-10(13(7)19-9)25-12-5-4-11(26-12)21(23)24/h2-6,19H,1H3,(H3,17,18). The molecule has 134 valence electrons. The van der Waals surface area contributed by atoms with Crippen LogP contribution in [0.4, 0.5) is 5.00 Å². The van der Waals surface area contributed by atoms with Gasteiger partial charge in [-0.05, 0) is 35.6 Å². The van der Waals surface area contributed by atoms with Gasteiger partial charge in [0.05, 0.1) is 15.5 Å². The maximum Gasteiger partial charge on any atom is 0.327 e. The Hall–Kier alpha value is -3.11. The summed E-state index contributed by atoms with van der Waals surface area (Å²) in [5.74, 6) is -0.560. The van der Waals surface area contributed by atoms with Gasteiger partial charge in [0.25, 0.3) is 5.91 Å². The van der Waals surface area contributed by atoms with Gasteiger partial charge in [-0.15, -0.1) is 0 Å². The minimum atomic E-state index is -0.512. The van der Waals surface area contributed by atoms with Crippen molar-refractivity contribution in [2.75, 3.05) is 7.05 Å². The van der Waals surface area contributed by atoms with Gasteiger partial charge in [-0.2, -0.15) is 0 Å². The van der Waals surface area contributed by atoms with Crippen molar-refractivity contribution >= 4 is 50.7 Å². The first-order chi connectivity index (χ1) is 12.3. The van der Waals surface area contributed by atoms with Gasteiger partial charge >= 0.3 is 5.00 Å². The molecule has 0 aliphatic heterocycles. The summed E-state index contributed by atoms with van der Waals surface area (Å²) >= 11 is 7.07. The molecular formula is C15H12ClN5O4S. The van der Waals surface area contributed by atoms with Crippen LogP contribution in [-0.2, 0) is 0 Å². The molecule has 1 amide bonds. The molecule has 0 saturated carbocycles. The molecule has 0 fully saturated rings. The number of halogens is 1. The fraction of sp³-hybridized carbons (Fsp3) is 0.0667. The first kappa shape index (κ1) is 17.7. The number of carbonyl (C=O) groups excluding carboxylic acids is 1. The fourth-order valence-corrected chi connectivity index (χ4v) is 3.12. The highest BCUT2D eigenvalue weighted by molar-refractivity contribution is 7.17. The van der Waals surface area contributed by atoms with E-state index >= 15 is 0 Å². The predicted molar refractivity (Wildman–Crippen MR) is 98.4 cm³/mol. The van der Waals surface area contributed by atoms with Crippen molar-refractivity contribution in [1.29, 1.82) is 5.41 Å². The second kappa shape index (κ2) is 6.65. The van der Waals surface area contributed by atoms with Gasteiger partial charge < -0.3 is 15.5 Å². The van der Waals surface area contributed by atoms with Gasteiger partial charge in [-0.25, -0.2) is 0 Å². The average molecular weight is 394 g/mol. The summed E-state index contributed by atoms with van der Waals surface area (Å²) in [4.78, 5) is 26.5. The predicted octanol–water partition coefficient (Wildman–Crippen LogP) is 3.55. The van der Waals surface area contributed by atoms with E-state index < -0.39 is 16.8 Å². The van der Waals surface area contributed by atoms with Crippen LogP contribution >= 0.6 is 22.9 Å². The zero-order valence-electron chi connectivity index (χ0n) is 13.3. The minimum absolute atomic E-state index is 0.0457. The number of H-pyrrole nitrogens is 1. The number of nitro groups is 1. The van der Waals surface area contributed by atoms with Crippen molar-refractivity contribution in [3.63, 3.8) is 0 Å². The third kappa shape index (κ3) is 3.19. The molecule has 0 bridgehead atoms. The van der Waals surface area contributed by atoms with E-state index in [0.29, 0.717) is 26.7 Å². The first-order valence-electron chi connectivity index (χ1n) is 7.13. The lowest BCUT2D eigenvalue weighted by Crippen LogP contribution is -2.38. The highest BCUT2D eigenvalue weighted by Gasteiger charge is 2.20. The van der Waals surface area contributed by atoms with E-state index in [1.165, 1.54) is 25.2 Å². The van der Waals surface area contributed by atoms with E-state index in [1.807, 2.05) is 0 Å². The number of thiophene rings is 1. The summed E-state index contributed by atoms with van der Waals surface area (Å²) in [7, 11) is 1.37. The number of nitrogens with one attached hydrogen (secondary N) is 2. The summed E-state index contributed by atoms with van der Waals surface area (Å²) in [6.07, 6.45) is 0. The maximum atomic E-state index is 12.3. The Balaban J connectivity index is 2.01. The Kier molecular flexibility index (Phi) is 4.53. The molecule has 2 aromatic heterocycles. The van der Waals surface area contributed by atoms with E-state index in [-0.39, 0.29) is 10.7 Å². The molecule has 26 heavy (non-hydrogen) atoms. The van der Waals surface area contributed by atoms with Crippen LogP contribution in [0.5, 0.6) is 10.8 Å². The number of rotatable bonds is 4. The molecule has 0 aliphatic carbocycles. The van der Waals surface area contributed by atoms with Crippen molar-refractivity contribution in [1.82, 2.24) is 9.88 Å². The van der Waals surface area contributed by atoms with Crippen molar-refractivity contribution in [2.24, 2.45) is 5.73 Å². The Bertz CT molecular complexity index is 1040. The van der Waals surface area contributed by atoms with Gasteiger partial charge in [-0.1, -0.05) is 11.6 Å². The summed E-state index contributed by atoms with van der Waals surface area (Å²) in [6.45, 7) is 0. The number of hydrogen-bond acceptors (Lipinski definition) is 6. The van der Waals surface area contributed by atoms with Crippen molar-refractivity contribution in [2.45, 2.75) is 0 Å². The van der Waals surface area contributed by atoms with Crippen LogP contribution in [0.2, 0.25) is 5.02 Å². The third-order valence-corrected chi connectivity index (χ3v) is 4.80. The van der Waals surface area contributed by atoms with Crippen LogP contribution in [0.15, 0.2) is 30.3 Å². The molecule has 0 radical (unpaired) electrons. The first-order valence-corrected chi connectivity index (χ1v) is 8.32. The molecule has 2 heterocycles. The zero-order chi connectivity index (χ0) is 19.0. The van der Waals surface area contributed by atoms with Crippen molar-refractivity contribution in [3.8, 4) is 10.8 Å². The molecule has 0 spiro atoms. The average Bonchev–Trinajstić information content (AvgIpc) is 3.23. The number of amides is 1. The summed E-state index contributed by atoms with van der Waals surface area (Å²) in [5.41, 5.74) is 5.95. The third-order valence-electron chi connectivity index (χ3n) is 3.56. The second-order valence-corrected chi connectivity index (χ2v) is 6.65. The van der Waals surface area contributed by atoms with Crippen LogP contribution in [-0.4, -0.2) is 33.7 Å². The van der Waals surface area contributed by atoms with Crippen LogP contribution in [0, 0.1) is 15.5 Å². The molecule has 11 heteroatoms. The Morgan fingerprint density at radius 3 is 2.77 bits per heavy atom. The number of nitrogens with two attached hydrogens (primary N) is 1. The molecule has 0 aliphatic rings. The Morgan fingerprint density at radius 1 is 1.42 bits per heavy atom. The molecule has 3 rings (SSSR count). The lowest BCUT2D eigenvalue weighted by Gasteiger charge is -2.12. The molecule has 0 atom stereocenters. The van der Waals surface area contributed by atoms with Crippen molar-refractivity contribution in [3.05, 3.63) is 51.2 Å². The fourth-order valence-electron chi connectivity index (χ4n) is 2.22. The van der Waals surface area contributed by atoms with Crippen LogP contribution < -0.4 is 10.5 Å². The Labute approximate surface area is 155 Å². The lowest BCUT2D eigenvalue weighted by atomic mass is 10.2. The Morgan fingerprint density at radius 2 is 2.15 bits per heavy atom. The number of carbonyl (C=O) groups is 1. The van der Waals surface area contributed by atoms with Crippen LogP contribution in [0.1, 0.15) is 10.5 Å². The summed E-state index contributed by atoms with van der Waals surface area (Å²) in [5, 5.41) is 19.3. The van der Waals surface area contributed by atoms with E-state index in [4.69, 9.17) is 27.5 Å². The molecule has 4 N–H and O–H groups in total. The van der Waals surface area contributed by atoms with Gasteiger partial charge in [0, 0.05) is 18.5 Å². The van der Waals surface area contributed by atoms with Gasteiger partial charge in [0.15, 0.2) is 16.8 Å². The maximum absolute atomic E-state index is 12.3. The molecule has 9 nitrogen and oxygen atoms in total. The number of ether oxygens (including phenoxy) is 1. The smallest absolute Gasteiger partial charge is 0.327 e. The summed E-state index contributed by atoms with van der Waals surface area (Å²) in [6, 6.07) is 7.55. The van der Waals surface area contributed by atoms with Gasteiger partial charge in [0.2, 0.25) is 0 Å². The van der Waals surface area contributed by atoms with Gasteiger partial charge in [-0.3, -0.25) is 25.2 Å². The van der Waals surface area contributed by atoms with Crippen LogP contribution in [0.25, 0.3) is 10.9 Å². The number of fused-ring (bicyclic) bond motifs is 1. The molecular weight excluding hydrogens is 382 g/mol. The highest BCUT2D eigenvalue weighted by Crippen LogP contribution is 2.38. The number of aromatic nitrogens is 1. The van der Waals surface area contributed by atoms with E-state index in [2.05, 4.69) is 4.98 Å². The quantitative estimate of drug-likeness (QED) is 0.269. The SMILES string of the molecule is CN(C(=N)N)C(=O)c1cc2c(Cl)ccc(Oc3ccc([N+](=O)[O-])s3)c2[nH]1. The number of nitrogens with zero attached hydrogens (tertiary/aromatic N) is 2. The van der Waals surface area contributed by atoms with Crippen molar-refractivity contribution < 1.29 is 14.5 Å². The normalized spacial score (nSPS) is 10.7. The zero-order valence-corrected chi connectivity index (χ0v) is 14.9. The monoisotopic (exact) mass is 393 g/mol. The molecule has 0 saturated heterocycles. The number of aromatic amines is 1. The molecule has 3 aromatic rings. The summed E-state index contributed by atoms with van der Waals surface area (Å²) < 4.78 is 5.71. The van der Waals surface area contributed by atoms with E-state index in [0.717, 1.165) is 16.2 Å². The topological polar surface area (TPSA) is 138 Å². The second-order valence-electron chi connectivity index (χ2n) is 5.22. The number of benzene rings is 1. The molecule has 0 unspecified atom stereocenters. The molecule has 1 aromatic carbocycles. The van der Waals surface area contributed by atoms with Crippen LogP contribution in [0.3, 0.4) is 0 Å². The highest BCUT2D eigenvalue weighted by atomic mass is 35.5. The van der Waals surface area contributed by atoms with E-state index in [9.17, 15) is 14.9 Å². The minimum Gasteiger partial charge on any atom is -0.444 e. The van der Waals surface area contributed by atoms with Gasteiger partial charge in [0.1, 0.15) is 5.69 Å². The number of hydrogen-bond donors (Lipinski definition) is 3.